The molecule has 0 aromatic rings. The highest BCUT2D eigenvalue weighted by atomic mass is 16.4. The van der Waals surface area contributed by atoms with E-state index in [1.165, 1.54) is 167 Å². The van der Waals surface area contributed by atoms with Gasteiger partial charge in [0.15, 0.2) is 12.2 Å². The number of rotatable bonds is 36. The van der Waals surface area contributed by atoms with Crippen molar-refractivity contribution in [3.63, 3.8) is 0 Å². The molecular formula is C40H83N2O7+. The number of aliphatic hydroxyl groups is 4. The lowest BCUT2D eigenvalue weighted by Gasteiger charge is -2.23. The Labute approximate surface area is 301 Å². The number of nitrogens with one attached hydrogen (secondary N) is 1. The second kappa shape index (κ2) is 39.5. The first-order chi connectivity index (χ1) is 23.7. The lowest BCUT2D eigenvalue weighted by Crippen LogP contribution is -2.52. The van der Waals surface area contributed by atoms with Crippen molar-refractivity contribution in [2.24, 2.45) is 0 Å². The molecule has 0 aliphatic heterocycles. The fourth-order valence-electron chi connectivity index (χ4n) is 6.04. The Kier molecular flexibility index (Phi) is 40.2. The number of hydrogen-bond donors (Lipinski definition) is 7. The molecule has 49 heavy (non-hydrogen) atoms. The number of aliphatic hydroxyl groups excluding tert-OH is 4. The molecule has 0 rings (SSSR count). The Morgan fingerprint density at radius 3 is 1.00 bits per heavy atom. The van der Waals surface area contributed by atoms with Crippen molar-refractivity contribution in [1.82, 2.24) is 5.32 Å². The van der Waals surface area contributed by atoms with Crippen molar-refractivity contribution in [2.45, 2.75) is 231 Å². The van der Waals surface area contributed by atoms with Crippen LogP contribution in [0.4, 0.5) is 0 Å². The minimum atomic E-state index is -2.28. The molecule has 0 saturated carbocycles. The summed E-state index contributed by atoms with van der Waals surface area (Å²) in [5, 5.41) is 49.0. The van der Waals surface area contributed by atoms with Crippen LogP contribution < -0.4 is 11.1 Å². The molecule has 0 aromatic carbocycles. The molecule has 0 unspecified atom stereocenters. The quantitative estimate of drug-likeness (QED) is 0.0329. The van der Waals surface area contributed by atoms with Crippen molar-refractivity contribution in [3.05, 3.63) is 0 Å². The molecule has 4 atom stereocenters. The van der Waals surface area contributed by atoms with Gasteiger partial charge >= 0.3 is 5.97 Å². The van der Waals surface area contributed by atoms with Crippen LogP contribution in [0, 0.1) is 0 Å². The highest BCUT2D eigenvalue weighted by molar-refractivity contribution is 5.81. The van der Waals surface area contributed by atoms with E-state index in [-0.39, 0.29) is 0 Å². The molecule has 0 bridgehead atoms. The van der Waals surface area contributed by atoms with E-state index in [2.05, 4.69) is 24.9 Å². The topological polar surface area (TPSA) is 175 Å². The standard InChI is InChI=1S/C23H45NO7.C17H37N/c1-2-3-4-5-6-7-8-9-10-11-12-13-14-15-16-17-24-22(29)20(27)18(25)19(26)21(28)23(30)31;1-2-3-4-5-6-7-8-9-10-11-12-13-14-15-16-17-18/h18-21,25-28H,2-17H2,1H3,(H,24,29)(H,30,31);2-18H2,1H3/p+1/t18-,19-,20+,21-;/m1./s1. The maximum atomic E-state index is 11.8. The van der Waals surface area contributed by atoms with E-state index in [9.17, 15) is 24.9 Å². The van der Waals surface area contributed by atoms with Crippen molar-refractivity contribution in [1.29, 1.82) is 0 Å². The predicted molar refractivity (Wildman–Crippen MR) is 202 cm³/mol. The van der Waals surface area contributed by atoms with Gasteiger partial charge in [-0.25, -0.2) is 4.79 Å². The average molecular weight is 704 g/mol. The number of unbranched alkanes of at least 4 members (excludes halogenated alkanes) is 28. The third-order valence-corrected chi connectivity index (χ3v) is 9.45. The smallest absolute Gasteiger partial charge is 0.335 e. The van der Waals surface area contributed by atoms with Gasteiger partial charge in [0, 0.05) is 6.54 Å². The summed E-state index contributed by atoms with van der Waals surface area (Å²) in [6.07, 6.45) is 31.7. The van der Waals surface area contributed by atoms with Gasteiger partial charge in [-0.3, -0.25) is 4.79 Å². The summed E-state index contributed by atoms with van der Waals surface area (Å²) in [4.78, 5) is 22.3. The zero-order chi connectivity index (χ0) is 36.8. The first kappa shape index (κ1) is 49.9. The van der Waals surface area contributed by atoms with Crippen LogP contribution in [0.5, 0.6) is 0 Å². The van der Waals surface area contributed by atoms with Gasteiger partial charge in [-0.2, -0.15) is 0 Å². The molecule has 0 aliphatic rings. The van der Waals surface area contributed by atoms with Gasteiger partial charge in [0.05, 0.1) is 6.54 Å². The zero-order valence-electron chi connectivity index (χ0n) is 32.2. The number of carbonyl (C=O) groups excluding carboxylic acids is 1. The summed E-state index contributed by atoms with van der Waals surface area (Å²) in [5.74, 6) is -2.66. The minimum Gasteiger partial charge on any atom is -0.479 e. The Hall–Kier alpha value is -1.26. The van der Waals surface area contributed by atoms with E-state index < -0.39 is 36.3 Å². The number of carboxylic acids is 1. The van der Waals surface area contributed by atoms with Crippen LogP contribution >= 0.6 is 0 Å². The van der Waals surface area contributed by atoms with Gasteiger partial charge in [0.1, 0.15) is 12.2 Å². The Balaban J connectivity index is 0. The van der Waals surface area contributed by atoms with Crippen molar-refractivity contribution in [2.75, 3.05) is 13.1 Å². The highest BCUT2D eigenvalue weighted by Gasteiger charge is 2.37. The van der Waals surface area contributed by atoms with Gasteiger partial charge < -0.3 is 36.6 Å². The molecule has 1 amide bonds. The van der Waals surface area contributed by atoms with E-state index in [0.717, 1.165) is 32.2 Å². The largest absolute Gasteiger partial charge is 0.479 e. The molecule has 0 aromatic heterocycles. The lowest BCUT2D eigenvalue weighted by atomic mass is 10.0. The SMILES string of the molecule is CCCCCCCCCCCCCCCCCNC(=O)[C@@H](O)[C@H](O)[C@@H](O)[C@@H](O)C(=O)O.CCCCCCCCCCCCCCCCC[NH3+]. The van der Waals surface area contributed by atoms with Gasteiger partial charge in [0.25, 0.3) is 5.91 Å². The Bertz CT molecular complexity index is 682. The fraction of sp³-hybridized carbons (Fsp3) is 0.950. The molecule has 0 heterocycles. The third-order valence-electron chi connectivity index (χ3n) is 9.45. The molecule has 9 nitrogen and oxygen atoms in total. The average Bonchev–Trinajstić information content (AvgIpc) is 3.10. The van der Waals surface area contributed by atoms with Gasteiger partial charge in [-0.1, -0.05) is 187 Å². The monoisotopic (exact) mass is 704 g/mol. The van der Waals surface area contributed by atoms with Crippen molar-refractivity contribution < 1.29 is 40.9 Å². The second-order valence-electron chi connectivity index (χ2n) is 14.3. The molecule has 9 N–H and O–H groups in total. The van der Waals surface area contributed by atoms with Crippen LogP contribution in [-0.2, 0) is 9.59 Å². The molecule has 294 valence electrons. The summed E-state index contributed by atoms with van der Waals surface area (Å²) in [6, 6.07) is 0. The number of carbonyl (C=O) groups is 2. The van der Waals surface area contributed by atoms with Gasteiger partial charge in [0.2, 0.25) is 0 Å². The van der Waals surface area contributed by atoms with E-state index in [4.69, 9.17) is 10.2 Å². The van der Waals surface area contributed by atoms with Crippen molar-refractivity contribution >= 4 is 11.9 Å². The van der Waals surface area contributed by atoms with Crippen LogP contribution in [0.15, 0.2) is 0 Å². The van der Waals surface area contributed by atoms with Crippen LogP contribution in [0.2, 0.25) is 0 Å². The second-order valence-corrected chi connectivity index (χ2v) is 14.3. The number of aliphatic carboxylic acids is 1. The highest BCUT2D eigenvalue weighted by Crippen LogP contribution is 2.15. The molecule has 0 saturated heterocycles. The van der Waals surface area contributed by atoms with Crippen LogP contribution in [-0.4, -0.2) is 74.9 Å². The number of hydrogen-bond acceptors (Lipinski definition) is 6. The number of amides is 1. The Morgan fingerprint density at radius 2 is 0.714 bits per heavy atom. The predicted octanol–water partition coefficient (Wildman–Crippen LogP) is 7.60. The molecule has 0 spiro atoms. The summed E-state index contributed by atoms with van der Waals surface area (Å²) in [7, 11) is 0. The Morgan fingerprint density at radius 1 is 0.449 bits per heavy atom. The first-order valence-corrected chi connectivity index (χ1v) is 20.8. The molecule has 9 heteroatoms. The van der Waals surface area contributed by atoms with E-state index in [1.54, 1.807) is 0 Å². The molecule has 0 radical (unpaired) electrons. The summed E-state index contributed by atoms with van der Waals surface area (Å²) in [6.45, 7) is 5.97. The van der Waals surface area contributed by atoms with Crippen molar-refractivity contribution in [3.8, 4) is 0 Å². The van der Waals surface area contributed by atoms with E-state index >= 15 is 0 Å². The normalized spacial score (nSPS) is 13.7. The third kappa shape index (κ3) is 34.9. The lowest BCUT2D eigenvalue weighted by molar-refractivity contribution is -0.368. The number of carboxylic acid groups (broad SMARTS) is 1. The number of quaternary nitrogens is 1. The van der Waals surface area contributed by atoms with Gasteiger partial charge in [-0.05, 0) is 19.3 Å². The summed E-state index contributed by atoms with van der Waals surface area (Å²) < 4.78 is 0. The maximum Gasteiger partial charge on any atom is 0.335 e. The fourth-order valence-corrected chi connectivity index (χ4v) is 6.04. The van der Waals surface area contributed by atoms with Crippen LogP contribution in [0.3, 0.4) is 0 Å². The van der Waals surface area contributed by atoms with Crippen LogP contribution in [0.25, 0.3) is 0 Å². The maximum absolute atomic E-state index is 11.8. The molecule has 0 fully saturated rings. The summed E-state index contributed by atoms with van der Waals surface area (Å²) >= 11 is 0. The van der Waals surface area contributed by atoms with E-state index in [1.807, 2.05) is 0 Å². The zero-order valence-corrected chi connectivity index (χ0v) is 32.2. The minimum absolute atomic E-state index is 0.318. The summed E-state index contributed by atoms with van der Waals surface area (Å²) in [5.41, 5.74) is 3.88. The molecule has 0 aliphatic carbocycles. The van der Waals surface area contributed by atoms with Crippen LogP contribution in [0.1, 0.15) is 206 Å². The first-order valence-electron chi connectivity index (χ1n) is 20.8. The van der Waals surface area contributed by atoms with E-state index in [0.29, 0.717) is 6.54 Å². The molecular weight excluding hydrogens is 620 g/mol. The van der Waals surface area contributed by atoms with Gasteiger partial charge in [-0.15, -0.1) is 0 Å².